The zero-order valence-electron chi connectivity index (χ0n) is 13.9. The Morgan fingerprint density at radius 1 is 1.43 bits per heavy atom. The van der Waals surface area contributed by atoms with Crippen LogP contribution in [0.1, 0.15) is 37.1 Å². The van der Waals surface area contributed by atoms with Gasteiger partial charge in [-0.15, -0.1) is 11.3 Å². The maximum Gasteiger partial charge on any atom is 0.317 e. The van der Waals surface area contributed by atoms with Crippen molar-refractivity contribution in [3.63, 3.8) is 0 Å². The summed E-state index contributed by atoms with van der Waals surface area (Å²) < 4.78 is 5.65. The topological polar surface area (TPSA) is 44.8 Å². The highest BCUT2D eigenvalue weighted by Gasteiger charge is 2.27. The minimum absolute atomic E-state index is 0.0486. The zero-order chi connectivity index (χ0) is 16.1. The summed E-state index contributed by atoms with van der Waals surface area (Å²) in [6, 6.07) is 4.64. The van der Waals surface area contributed by atoms with Gasteiger partial charge in [-0.1, -0.05) is 13.0 Å². The van der Waals surface area contributed by atoms with E-state index in [1.807, 2.05) is 4.90 Å². The van der Waals surface area contributed by atoms with Crippen LogP contribution in [0.2, 0.25) is 0 Å². The first-order valence-electron chi connectivity index (χ1n) is 8.69. The van der Waals surface area contributed by atoms with Gasteiger partial charge in [0.2, 0.25) is 0 Å². The Bertz CT molecular complexity index is 488. The van der Waals surface area contributed by atoms with Crippen molar-refractivity contribution in [2.75, 3.05) is 39.3 Å². The van der Waals surface area contributed by atoms with Crippen LogP contribution in [0.4, 0.5) is 4.79 Å². The number of morpholine rings is 1. The van der Waals surface area contributed by atoms with E-state index in [4.69, 9.17) is 4.74 Å². The number of hydrogen-bond donors (Lipinski definition) is 1. The molecule has 2 saturated heterocycles. The second-order valence-corrected chi connectivity index (χ2v) is 7.29. The van der Waals surface area contributed by atoms with E-state index in [1.165, 1.54) is 17.7 Å². The summed E-state index contributed by atoms with van der Waals surface area (Å²) in [4.78, 5) is 18.2. The average Bonchev–Trinajstić information content (AvgIpc) is 3.29. The molecule has 5 nitrogen and oxygen atoms in total. The molecule has 23 heavy (non-hydrogen) atoms. The number of thiophene rings is 1. The standard InChI is InChI=1S/C17H27N3O2S/c1-2-14-13-20(9-10-22-14)17(21)18-12-15(16-6-5-11-23-16)19-7-3-4-8-19/h5-6,11,14-15H,2-4,7-10,12-13H2,1H3,(H,18,21)/t14-,15-/m0/s1. The van der Waals surface area contributed by atoms with Gasteiger partial charge in [0.05, 0.1) is 18.8 Å². The predicted molar refractivity (Wildman–Crippen MR) is 92.9 cm³/mol. The van der Waals surface area contributed by atoms with Crippen LogP contribution in [0.5, 0.6) is 0 Å². The van der Waals surface area contributed by atoms with Crippen LogP contribution in [0.25, 0.3) is 0 Å². The van der Waals surface area contributed by atoms with E-state index in [1.54, 1.807) is 11.3 Å². The van der Waals surface area contributed by atoms with E-state index in [2.05, 4.69) is 34.7 Å². The fourth-order valence-electron chi connectivity index (χ4n) is 3.39. The summed E-state index contributed by atoms with van der Waals surface area (Å²) in [5, 5.41) is 5.28. The van der Waals surface area contributed by atoms with Crippen molar-refractivity contribution >= 4 is 17.4 Å². The molecule has 0 bridgehead atoms. The molecular weight excluding hydrogens is 310 g/mol. The van der Waals surface area contributed by atoms with Gasteiger partial charge in [0.1, 0.15) is 0 Å². The second kappa shape index (κ2) is 8.13. The summed E-state index contributed by atoms with van der Waals surface area (Å²) in [5.74, 6) is 0. The van der Waals surface area contributed by atoms with E-state index in [-0.39, 0.29) is 12.1 Å². The van der Waals surface area contributed by atoms with Gasteiger partial charge in [0, 0.05) is 24.5 Å². The van der Waals surface area contributed by atoms with Crippen LogP contribution in [0.15, 0.2) is 17.5 Å². The van der Waals surface area contributed by atoms with Crippen LogP contribution in [0, 0.1) is 0 Å². The molecular formula is C17H27N3O2S. The van der Waals surface area contributed by atoms with Crippen molar-refractivity contribution in [1.82, 2.24) is 15.1 Å². The fraction of sp³-hybridized carbons (Fsp3) is 0.706. The van der Waals surface area contributed by atoms with Crippen LogP contribution < -0.4 is 5.32 Å². The smallest absolute Gasteiger partial charge is 0.317 e. The van der Waals surface area contributed by atoms with Gasteiger partial charge in [0.25, 0.3) is 0 Å². The molecule has 1 aromatic heterocycles. The number of carbonyl (C=O) groups excluding carboxylic acids is 1. The molecule has 2 aliphatic rings. The van der Waals surface area contributed by atoms with Crippen LogP contribution >= 0.6 is 11.3 Å². The van der Waals surface area contributed by atoms with E-state index >= 15 is 0 Å². The molecule has 2 atom stereocenters. The van der Waals surface area contributed by atoms with Gasteiger partial charge in [0.15, 0.2) is 0 Å². The molecule has 2 fully saturated rings. The van der Waals surface area contributed by atoms with Crippen molar-refractivity contribution in [3.8, 4) is 0 Å². The number of urea groups is 1. The summed E-state index contributed by atoms with van der Waals surface area (Å²) in [6.07, 6.45) is 3.66. The fourth-order valence-corrected chi connectivity index (χ4v) is 4.25. The minimum atomic E-state index is 0.0486. The lowest BCUT2D eigenvalue weighted by Gasteiger charge is -2.33. The highest BCUT2D eigenvalue weighted by molar-refractivity contribution is 7.10. The van der Waals surface area contributed by atoms with Crippen molar-refractivity contribution < 1.29 is 9.53 Å². The monoisotopic (exact) mass is 337 g/mol. The first-order chi connectivity index (χ1) is 11.3. The van der Waals surface area contributed by atoms with Gasteiger partial charge in [-0.2, -0.15) is 0 Å². The van der Waals surface area contributed by atoms with Crippen LogP contribution in [-0.2, 0) is 4.74 Å². The van der Waals surface area contributed by atoms with E-state index in [0.717, 1.165) is 19.5 Å². The lowest BCUT2D eigenvalue weighted by atomic mass is 10.2. The molecule has 1 N–H and O–H groups in total. The SMILES string of the molecule is CC[C@H]1CN(C(=O)NC[C@@H](c2cccs2)N2CCCC2)CCO1. The summed E-state index contributed by atoms with van der Waals surface area (Å²) in [6.45, 7) is 7.10. The molecule has 1 aromatic rings. The molecule has 3 heterocycles. The van der Waals surface area contributed by atoms with E-state index < -0.39 is 0 Å². The van der Waals surface area contributed by atoms with Crippen molar-refractivity contribution in [1.29, 1.82) is 0 Å². The largest absolute Gasteiger partial charge is 0.375 e. The third kappa shape index (κ3) is 4.25. The third-order valence-electron chi connectivity index (χ3n) is 4.78. The van der Waals surface area contributed by atoms with E-state index in [0.29, 0.717) is 32.3 Å². The molecule has 0 aliphatic carbocycles. The Morgan fingerprint density at radius 3 is 2.96 bits per heavy atom. The summed E-state index contributed by atoms with van der Waals surface area (Å²) in [7, 11) is 0. The maximum absolute atomic E-state index is 12.5. The van der Waals surface area contributed by atoms with Crippen molar-refractivity contribution in [3.05, 3.63) is 22.4 Å². The normalized spacial score (nSPS) is 23.9. The third-order valence-corrected chi connectivity index (χ3v) is 5.75. The highest BCUT2D eigenvalue weighted by Crippen LogP contribution is 2.27. The Kier molecular flexibility index (Phi) is 5.91. The zero-order valence-corrected chi connectivity index (χ0v) is 14.7. The molecule has 6 heteroatoms. The quantitative estimate of drug-likeness (QED) is 0.898. The van der Waals surface area contributed by atoms with Gasteiger partial charge < -0.3 is 15.0 Å². The molecule has 0 saturated carbocycles. The number of rotatable bonds is 5. The molecule has 3 rings (SSSR count). The second-order valence-electron chi connectivity index (χ2n) is 6.31. The minimum Gasteiger partial charge on any atom is -0.375 e. The number of carbonyl (C=O) groups is 1. The van der Waals surface area contributed by atoms with Crippen molar-refractivity contribution in [2.24, 2.45) is 0 Å². The lowest BCUT2D eigenvalue weighted by molar-refractivity contribution is -0.0155. The number of amides is 2. The Balaban J connectivity index is 1.56. The number of ether oxygens (including phenoxy) is 1. The Hall–Kier alpha value is -1.11. The van der Waals surface area contributed by atoms with Crippen LogP contribution in [0.3, 0.4) is 0 Å². The molecule has 2 amide bonds. The molecule has 0 radical (unpaired) electrons. The lowest BCUT2D eigenvalue weighted by Crippen LogP contribution is -2.50. The van der Waals surface area contributed by atoms with Gasteiger partial charge >= 0.3 is 6.03 Å². The van der Waals surface area contributed by atoms with Gasteiger partial charge in [-0.05, 0) is 43.8 Å². The number of nitrogens with one attached hydrogen (secondary N) is 1. The molecule has 0 spiro atoms. The number of hydrogen-bond acceptors (Lipinski definition) is 4. The number of nitrogens with zero attached hydrogens (tertiary/aromatic N) is 2. The first kappa shape index (κ1) is 16.7. The Labute approximate surface area is 142 Å². The first-order valence-corrected chi connectivity index (χ1v) is 9.57. The molecule has 0 aromatic carbocycles. The molecule has 0 unspecified atom stereocenters. The predicted octanol–water partition coefficient (Wildman–Crippen LogP) is 2.71. The van der Waals surface area contributed by atoms with Crippen molar-refractivity contribution in [2.45, 2.75) is 38.3 Å². The molecule has 2 aliphatic heterocycles. The van der Waals surface area contributed by atoms with Gasteiger partial charge in [-0.3, -0.25) is 4.90 Å². The van der Waals surface area contributed by atoms with E-state index in [9.17, 15) is 4.79 Å². The summed E-state index contributed by atoms with van der Waals surface area (Å²) >= 11 is 1.78. The number of likely N-dealkylation sites (tertiary alicyclic amines) is 1. The highest BCUT2D eigenvalue weighted by atomic mass is 32.1. The Morgan fingerprint density at radius 2 is 2.26 bits per heavy atom. The average molecular weight is 337 g/mol. The van der Waals surface area contributed by atoms with Gasteiger partial charge in [-0.25, -0.2) is 4.79 Å². The van der Waals surface area contributed by atoms with Crippen LogP contribution in [-0.4, -0.2) is 61.3 Å². The maximum atomic E-state index is 12.5. The summed E-state index contributed by atoms with van der Waals surface area (Å²) in [5.41, 5.74) is 0. The molecule has 128 valence electrons.